The molecule has 0 aliphatic carbocycles. The second-order valence-electron chi connectivity index (χ2n) is 4.94. The molecule has 1 amide bonds. The predicted molar refractivity (Wildman–Crippen MR) is 78.9 cm³/mol. The van der Waals surface area contributed by atoms with Crippen molar-refractivity contribution >= 4 is 5.91 Å². The van der Waals surface area contributed by atoms with Crippen molar-refractivity contribution in [2.75, 3.05) is 7.11 Å². The third-order valence-electron chi connectivity index (χ3n) is 2.90. The Balaban J connectivity index is 2.90. The first-order valence-corrected chi connectivity index (χ1v) is 6.84. The fourth-order valence-electron chi connectivity index (χ4n) is 1.74. The van der Waals surface area contributed by atoms with Crippen LogP contribution < -0.4 is 20.5 Å². The maximum absolute atomic E-state index is 11.3. The van der Waals surface area contributed by atoms with Gasteiger partial charge in [-0.1, -0.05) is 26.8 Å². The molecular weight excluding hydrogens is 256 g/mol. The molecule has 1 atom stereocenters. The predicted octanol–water partition coefficient (Wildman–Crippen LogP) is 1.84. The highest BCUT2D eigenvalue weighted by molar-refractivity contribution is 5.79. The number of rotatable bonds is 8. The van der Waals surface area contributed by atoms with E-state index in [1.165, 1.54) is 0 Å². The van der Waals surface area contributed by atoms with E-state index in [0.29, 0.717) is 24.0 Å². The summed E-state index contributed by atoms with van der Waals surface area (Å²) >= 11 is 0. The molecule has 3 N–H and O–H groups in total. The Morgan fingerprint density at radius 3 is 2.55 bits per heavy atom. The number of hydrogen-bond acceptors (Lipinski definition) is 4. The fraction of sp³-hybridized carbons (Fsp3) is 0.533. The van der Waals surface area contributed by atoms with Gasteiger partial charge < -0.3 is 20.5 Å². The Kier molecular flexibility index (Phi) is 6.31. The van der Waals surface area contributed by atoms with Crippen molar-refractivity contribution in [1.29, 1.82) is 0 Å². The minimum absolute atomic E-state index is 0.399. The van der Waals surface area contributed by atoms with Crippen molar-refractivity contribution in [3.63, 3.8) is 0 Å². The SMILES string of the molecule is CCC(Oc1cc(CNC(C)C)ccc1OC)C(N)=O. The third-order valence-corrected chi connectivity index (χ3v) is 2.90. The van der Waals surface area contributed by atoms with Crippen LogP contribution in [-0.2, 0) is 11.3 Å². The number of primary amides is 1. The number of benzene rings is 1. The maximum atomic E-state index is 11.3. The second kappa shape index (κ2) is 7.75. The van der Waals surface area contributed by atoms with Crippen molar-refractivity contribution in [3.8, 4) is 11.5 Å². The summed E-state index contributed by atoms with van der Waals surface area (Å²) in [6.07, 6.45) is -0.121. The molecule has 1 aromatic rings. The molecule has 112 valence electrons. The van der Waals surface area contributed by atoms with E-state index in [1.54, 1.807) is 7.11 Å². The molecule has 1 aromatic carbocycles. The summed E-state index contributed by atoms with van der Waals surface area (Å²) in [6, 6.07) is 6.07. The van der Waals surface area contributed by atoms with Gasteiger partial charge in [0.2, 0.25) is 0 Å². The van der Waals surface area contributed by atoms with Gasteiger partial charge in [0.15, 0.2) is 17.6 Å². The molecule has 0 saturated heterocycles. The molecule has 0 saturated carbocycles. The lowest BCUT2D eigenvalue weighted by Crippen LogP contribution is -2.33. The lowest BCUT2D eigenvalue weighted by atomic mass is 10.2. The molecule has 0 spiro atoms. The van der Waals surface area contributed by atoms with Gasteiger partial charge in [-0.25, -0.2) is 0 Å². The zero-order chi connectivity index (χ0) is 15.1. The summed E-state index contributed by atoms with van der Waals surface area (Å²) in [4.78, 5) is 11.3. The van der Waals surface area contributed by atoms with Gasteiger partial charge >= 0.3 is 0 Å². The normalized spacial score (nSPS) is 12.2. The van der Waals surface area contributed by atoms with Crippen molar-refractivity contribution in [1.82, 2.24) is 5.32 Å². The summed E-state index contributed by atoms with van der Waals surface area (Å²) in [5, 5.41) is 3.33. The van der Waals surface area contributed by atoms with E-state index >= 15 is 0 Å². The topological polar surface area (TPSA) is 73.6 Å². The van der Waals surface area contributed by atoms with Gasteiger partial charge in [-0.3, -0.25) is 4.79 Å². The number of nitrogens with one attached hydrogen (secondary N) is 1. The summed E-state index contributed by atoms with van der Waals surface area (Å²) in [7, 11) is 1.57. The van der Waals surface area contributed by atoms with Crippen molar-refractivity contribution < 1.29 is 14.3 Å². The van der Waals surface area contributed by atoms with Gasteiger partial charge in [0.1, 0.15) is 0 Å². The van der Waals surface area contributed by atoms with Crippen molar-refractivity contribution in [2.45, 2.75) is 45.9 Å². The average Bonchev–Trinajstić information content (AvgIpc) is 2.42. The van der Waals surface area contributed by atoms with Crippen LogP contribution in [0.4, 0.5) is 0 Å². The molecule has 1 unspecified atom stereocenters. The highest BCUT2D eigenvalue weighted by Crippen LogP contribution is 2.29. The molecule has 0 heterocycles. The van der Waals surface area contributed by atoms with E-state index in [2.05, 4.69) is 19.2 Å². The van der Waals surface area contributed by atoms with Crippen LogP contribution in [0, 0.1) is 0 Å². The first kappa shape index (κ1) is 16.3. The Morgan fingerprint density at radius 1 is 1.35 bits per heavy atom. The molecule has 0 radical (unpaired) electrons. The maximum Gasteiger partial charge on any atom is 0.258 e. The third kappa shape index (κ3) is 4.74. The molecule has 0 fully saturated rings. The standard InChI is InChI=1S/C15H24N2O3/c1-5-12(15(16)18)20-14-8-11(9-17-10(2)3)6-7-13(14)19-4/h6-8,10,12,17H,5,9H2,1-4H3,(H2,16,18). The van der Waals surface area contributed by atoms with Gasteiger partial charge in [-0.05, 0) is 24.1 Å². The van der Waals surface area contributed by atoms with Crippen LogP contribution in [0.15, 0.2) is 18.2 Å². The summed E-state index contributed by atoms with van der Waals surface area (Å²) in [5.41, 5.74) is 6.37. The molecular formula is C15H24N2O3. The lowest BCUT2D eigenvalue weighted by Gasteiger charge is -2.18. The quantitative estimate of drug-likeness (QED) is 0.762. The molecule has 0 aromatic heterocycles. The van der Waals surface area contributed by atoms with Gasteiger partial charge in [0.25, 0.3) is 5.91 Å². The lowest BCUT2D eigenvalue weighted by molar-refractivity contribution is -0.124. The van der Waals surface area contributed by atoms with E-state index in [0.717, 1.165) is 12.1 Å². The highest BCUT2D eigenvalue weighted by Gasteiger charge is 2.17. The largest absolute Gasteiger partial charge is 0.493 e. The number of ether oxygens (including phenoxy) is 2. The smallest absolute Gasteiger partial charge is 0.258 e. The van der Waals surface area contributed by atoms with Crippen LogP contribution in [0.2, 0.25) is 0 Å². The first-order valence-electron chi connectivity index (χ1n) is 6.84. The molecule has 0 aliphatic heterocycles. The zero-order valence-electron chi connectivity index (χ0n) is 12.6. The highest BCUT2D eigenvalue weighted by atomic mass is 16.5. The summed E-state index contributed by atoms with van der Waals surface area (Å²) in [6.45, 7) is 6.75. The monoisotopic (exact) mass is 280 g/mol. The van der Waals surface area contributed by atoms with Crippen LogP contribution in [0.1, 0.15) is 32.8 Å². The van der Waals surface area contributed by atoms with E-state index in [4.69, 9.17) is 15.2 Å². The number of methoxy groups -OCH3 is 1. The van der Waals surface area contributed by atoms with E-state index in [9.17, 15) is 4.79 Å². The molecule has 5 heteroatoms. The van der Waals surface area contributed by atoms with Crippen molar-refractivity contribution in [3.05, 3.63) is 23.8 Å². The van der Waals surface area contributed by atoms with Crippen LogP contribution in [0.5, 0.6) is 11.5 Å². The summed E-state index contributed by atoms with van der Waals surface area (Å²) in [5.74, 6) is 0.666. The van der Waals surface area contributed by atoms with E-state index in [1.807, 2.05) is 25.1 Å². The number of amides is 1. The van der Waals surface area contributed by atoms with Crippen LogP contribution in [0.25, 0.3) is 0 Å². The number of carbonyl (C=O) groups is 1. The Bertz CT molecular complexity index is 447. The van der Waals surface area contributed by atoms with E-state index < -0.39 is 12.0 Å². The minimum atomic E-state index is -0.641. The van der Waals surface area contributed by atoms with Crippen molar-refractivity contribution in [2.24, 2.45) is 5.73 Å². The molecule has 20 heavy (non-hydrogen) atoms. The Hall–Kier alpha value is -1.75. The number of nitrogens with two attached hydrogens (primary N) is 1. The Morgan fingerprint density at radius 2 is 2.05 bits per heavy atom. The molecule has 0 aliphatic rings. The van der Waals surface area contributed by atoms with E-state index in [-0.39, 0.29) is 0 Å². The van der Waals surface area contributed by atoms with Gasteiger partial charge in [0, 0.05) is 12.6 Å². The van der Waals surface area contributed by atoms with Gasteiger partial charge in [-0.2, -0.15) is 0 Å². The molecule has 0 bridgehead atoms. The zero-order valence-corrected chi connectivity index (χ0v) is 12.6. The molecule has 5 nitrogen and oxygen atoms in total. The fourth-order valence-corrected chi connectivity index (χ4v) is 1.74. The van der Waals surface area contributed by atoms with Gasteiger partial charge in [-0.15, -0.1) is 0 Å². The molecule has 1 rings (SSSR count). The number of hydrogen-bond donors (Lipinski definition) is 2. The van der Waals surface area contributed by atoms with Crippen LogP contribution >= 0.6 is 0 Å². The Labute approximate surface area is 120 Å². The number of carbonyl (C=O) groups excluding carboxylic acids is 1. The average molecular weight is 280 g/mol. The summed E-state index contributed by atoms with van der Waals surface area (Å²) < 4.78 is 10.9. The van der Waals surface area contributed by atoms with Gasteiger partial charge in [0.05, 0.1) is 7.11 Å². The van der Waals surface area contributed by atoms with Crippen LogP contribution in [-0.4, -0.2) is 25.2 Å². The second-order valence-corrected chi connectivity index (χ2v) is 4.94. The first-order chi connectivity index (χ1) is 9.47. The van der Waals surface area contributed by atoms with Crippen LogP contribution in [0.3, 0.4) is 0 Å². The minimum Gasteiger partial charge on any atom is -0.493 e.